The van der Waals surface area contributed by atoms with Crippen LogP contribution in [-0.2, 0) is 4.79 Å². The van der Waals surface area contributed by atoms with Gasteiger partial charge < -0.3 is 10.0 Å². The van der Waals surface area contributed by atoms with Crippen LogP contribution in [0.15, 0.2) is 18.3 Å². The Balaban J connectivity index is 2.01. The van der Waals surface area contributed by atoms with Crippen molar-refractivity contribution in [2.45, 2.75) is 0 Å². The van der Waals surface area contributed by atoms with E-state index in [1.807, 2.05) is 11.0 Å². The summed E-state index contributed by atoms with van der Waals surface area (Å²) in [6, 6.07) is 5.75. The van der Waals surface area contributed by atoms with Crippen LogP contribution in [-0.4, -0.2) is 53.7 Å². The first-order valence-corrected chi connectivity index (χ1v) is 5.75. The summed E-state index contributed by atoms with van der Waals surface area (Å²) in [4.78, 5) is 18.6. The summed E-state index contributed by atoms with van der Waals surface area (Å²) < 4.78 is 0. The van der Waals surface area contributed by atoms with Crippen molar-refractivity contribution in [1.29, 1.82) is 5.26 Å². The van der Waals surface area contributed by atoms with Gasteiger partial charge >= 0.3 is 5.97 Å². The van der Waals surface area contributed by atoms with Gasteiger partial charge in [0.05, 0.1) is 12.2 Å². The summed E-state index contributed by atoms with van der Waals surface area (Å²) in [5, 5.41) is 17.7. The molecule has 1 aliphatic heterocycles. The van der Waals surface area contributed by atoms with E-state index in [0.29, 0.717) is 31.9 Å². The lowest BCUT2D eigenvalue weighted by molar-refractivity contribution is -0.138. The first-order chi connectivity index (χ1) is 8.70. The molecule has 94 valence electrons. The Bertz CT molecular complexity index is 475. The molecule has 6 heteroatoms. The van der Waals surface area contributed by atoms with Gasteiger partial charge in [-0.2, -0.15) is 5.26 Å². The number of carboxylic acid groups (broad SMARTS) is 1. The molecule has 0 radical (unpaired) electrons. The van der Waals surface area contributed by atoms with Crippen molar-refractivity contribution in [3.05, 3.63) is 24.0 Å². The average Bonchev–Trinajstić information content (AvgIpc) is 2.39. The van der Waals surface area contributed by atoms with Crippen LogP contribution in [0.4, 0.5) is 5.69 Å². The van der Waals surface area contributed by atoms with Crippen LogP contribution in [0, 0.1) is 11.3 Å². The molecule has 18 heavy (non-hydrogen) atoms. The lowest BCUT2D eigenvalue weighted by Gasteiger charge is -2.35. The molecular weight excluding hydrogens is 232 g/mol. The van der Waals surface area contributed by atoms with Crippen LogP contribution in [0.2, 0.25) is 0 Å². The van der Waals surface area contributed by atoms with Crippen LogP contribution in [0.1, 0.15) is 5.69 Å². The fraction of sp³-hybridized carbons (Fsp3) is 0.417. The topological polar surface area (TPSA) is 80.5 Å². The number of carboxylic acids is 1. The molecule has 0 aliphatic carbocycles. The standard InChI is InChI=1S/C12H14N4O2/c13-8-10-11(2-1-3-14-10)16-6-4-15(5-7-16)9-12(17)18/h1-3H,4-7,9H2,(H,17,18). The number of hydrogen-bond donors (Lipinski definition) is 1. The molecule has 1 saturated heterocycles. The van der Waals surface area contributed by atoms with Gasteiger partial charge in [-0.3, -0.25) is 9.69 Å². The molecule has 1 aromatic rings. The monoisotopic (exact) mass is 246 g/mol. The summed E-state index contributed by atoms with van der Waals surface area (Å²) in [7, 11) is 0. The van der Waals surface area contributed by atoms with Crippen LogP contribution in [0.25, 0.3) is 0 Å². The Morgan fingerprint density at radius 2 is 2.17 bits per heavy atom. The van der Waals surface area contributed by atoms with E-state index in [1.165, 1.54) is 0 Å². The molecule has 0 amide bonds. The predicted octanol–water partition coefficient (Wildman–Crippen LogP) is 0.160. The maximum Gasteiger partial charge on any atom is 0.317 e. The zero-order valence-corrected chi connectivity index (χ0v) is 9.91. The second kappa shape index (κ2) is 5.47. The molecule has 0 aromatic carbocycles. The van der Waals surface area contributed by atoms with E-state index in [0.717, 1.165) is 5.69 Å². The molecule has 0 saturated carbocycles. The van der Waals surface area contributed by atoms with Crippen molar-refractivity contribution in [3.63, 3.8) is 0 Å². The number of nitriles is 1. The molecule has 0 bridgehead atoms. The Morgan fingerprint density at radius 1 is 1.44 bits per heavy atom. The molecular formula is C12H14N4O2. The van der Waals surface area contributed by atoms with Crippen LogP contribution < -0.4 is 4.90 Å². The third kappa shape index (κ3) is 2.76. The quantitative estimate of drug-likeness (QED) is 0.818. The van der Waals surface area contributed by atoms with E-state index in [-0.39, 0.29) is 6.54 Å². The normalized spacial score (nSPS) is 16.3. The summed E-state index contributed by atoms with van der Waals surface area (Å²) >= 11 is 0. The highest BCUT2D eigenvalue weighted by Gasteiger charge is 2.20. The minimum atomic E-state index is -0.803. The smallest absolute Gasteiger partial charge is 0.317 e. The van der Waals surface area contributed by atoms with Gasteiger partial charge in [-0.05, 0) is 12.1 Å². The highest BCUT2D eigenvalue weighted by atomic mass is 16.4. The molecule has 6 nitrogen and oxygen atoms in total. The second-order valence-corrected chi connectivity index (χ2v) is 4.14. The number of nitrogens with zero attached hydrogens (tertiary/aromatic N) is 4. The Morgan fingerprint density at radius 3 is 2.78 bits per heavy atom. The first kappa shape index (κ1) is 12.3. The van der Waals surface area contributed by atoms with Crippen LogP contribution >= 0.6 is 0 Å². The predicted molar refractivity (Wildman–Crippen MR) is 65.2 cm³/mol. The molecule has 1 aromatic heterocycles. The van der Waals surface area contributed by atoms with Crippen molar-refractivity contribution in [3.8, 4) is 6.07 Å². The van der Waals surface area contributed by atoms with E-state index in [9.17, 15) is 4.79 Å². The van der Waals surface area contributed by atoms with Gasteiger partial charge in [0.1, 0.15) is 6.07 Å². The molecule has 1 N–H and O–H groups in total. The second-order valence-electron chi connectivity index (χ2n) is 4.14. The zero-order chi connectivity index (χ0) is 13.0. The van der Waals surface area contributed by atoms with Gasteiger partial charge in [0, 0.05) is 32.4 Å². The lowest BCUT2D eigenvalue weighted by atomic mass is 10.2. The third-order valence-corrected chi connectivity index (χ3v) is 2.96. The highest BCUT2D eigenvalue weighted by molar-refractivity contribution is 5.69. The van der Waals surface area contributed by atoms with Crippen LogP contribution in [0.3, 0.4) is 0 Å². The van der Waals surface area contributed by atoms with Crippen molar-refractivity contribution >= 4 is 11.7 Å². The molecule has 0 atom stereocenters. The Kier molecular flexibility index (Phi) is 3.75. The van der Waals surface area contributed by atoms with Crippen molar-refractivity contribution in [2.75, 3.05) is 37.6 Å². The summed E-state index contributed by atoms with van der Waals surface area (Å²) in [5.74, 6) is -0.803. The minimum Gasteiger partial charge on any atom is -0.480 e. The number of aromatic nitrogens is 1. The largest absolute Gasteiger partial charge is 0.480 e. The highest BCUT2D eigenvalue weighted by Crippen LogP contribution is 2.18. The van der Waals surface area contributed by atoms with Gasteiger partial charge in [0.25, 0.3) is 0 Å². The molecule has 1 aliphatic rings. The molecule has 0 spiro atoms. The van der Waals surface area contributed by atoms with E-state index < -0.39 is 5.97 Å². The fourth-order valence-corrected chi connectivity index (χ4v) is 2.08. The number of hydrogen-bond acceptors (Lipinski definition) is 5. The lowest BCUT2D eigenvalue weighted by Crippen LogP contribution is -2.48. The number of piperazine rings is 1. The Labute approximate surface area is 105 Å². The van der Waals surface area contributed by atoms with E-state index in [1.54, 1.807) is 12.3 Å². The summed E-state index contributed by atoms with van der Waals surface area (Å²) in [5.41, 5.74) is 1.25. The van der Waals surface area contributed by atoms with E-state index in [2.05, 4.69) is 16.0 Å². The maximum atomic E-state index is 10.6. The molecule has 1 fully saturated rings. The number of rotatable bonds is 3. The van der Waals surface area contributed by atoms with Gasteiger partial charge in [-0.1, -0.05) is 0 Å². The maximum absolute atomic E-state index is 10.6. The number of pyridine rings is 1. The van der Waals surface area contributed by atoms with Crippen molar-refractivity contribution < 1.29 is 9.90 Å². The Hall–Kier alpha value is -2.13. The average molecular weight is 246 g/mol. The fourth-order valence-electron chi connectivity index (χ4n) is 2.08. The summed E-state index contributed by atoms with van der Waals surface area (Å²) in [6.07, 6.45) is 1.60. The minimum absolute atomic E-state index is 0.0754. The molecule has 0 unspecified atom stereocenters. The van der Waals surface area contributed by atoms with Crippen LogP contribution in [0.5, 0.6) is 0 Å². The third-order valence-electron chi connectivity index (χ3n) is 2.96. The SMILES string of the molecule is N#Cc1ncccc1N1CCN(CC(=O)O)CC1. The van der Waals surface area contributed by atoms with Crippen molar-refractivity contribution in [2.24, 2.45) is 0 Å². The van der Waals surface area contributed by atoms with Gasteiger partial charge in [0.2, 0.25) is 0 Å². The number of carbonyl (C=O) groups is 1. The number of anilines is 1. The summed E-state index contributed by atoms with van der Waals surface area (Å²) in [6.45, 7) is 2.88. The van der Waals surface area contributed by atoms with Gasteiger partial charge in [0.15, 0.2) is 5.69 Å². The van der Waals surface area contributed by atoms with Gasteiger partial charge in [-0.15, -0.1) is 0 Å². The van der Waals surface area contributed by atoms with E-state index >= 15 is 0 Å². The molecule has 2 rings (SSSR count). The molecule has 2 heterocycles. The van der Waals surface area contributed by atoms with E-state index in [4.69, 9.17) is 10.4 Å². The van der Waals surface area contributed by atoms with Gasteiger partial charge in [-0.25, -0.2) is 4.98 Å². The number of aliphatic carboxylic acids is 1. The zero-order valence-electron chi connectivity index (χ0n) is 9.91. The van der Waals surface area contributed by atoms with Crippen molar-refractivity contribution in [1.82, 2.24) is 9.88 Å². The first-order valence-electron chi connectivity index (χ1n) is 5.75.